The highest BCUT2D eigenvalue weighted by atomic mass is 35.5. The molecule has 1 unspecified atom stereocenters. The van der Waals surface area contributed by atoms with Crippen LogP contribution < -0.4 is 5.32 Å². The number of hydrogen-bond donors (Lipinski definition) is 1. The maximum atomic E-state index is 13.1. The van der Waals surface area contributed by atoms with E-state index < -0.39 is 6.04 Å². The van der Waals surface area contributed by atoms with Gasteiger partial charge in [-0.1, -0.05) is 60.3 Å². The van der Waals surface area contributed by atoms with Crippen LogP contribution in [-0.2, 0) is 16.1 Å². The fourth-order valence-electron chi connectivity index (χ4n) is 2.99. The van der Waals surface area contributed by atoms with Gasteiger partial charge in [-0.25, -0.2) is 0 Å². The van der Waals surface area contributed by atoms with Crippen LogP contribution in [0.5, 0.6) is 0 Å². The Kier molecular flexibility index (Phi) is 10.7. The van der Waals surface area contributed by atoms with E-state index in [4.69, 9.17) is 23.2 Å². The fraction of sp³-hybridized carbons (Fsp3) is 0.417. The third-order valence-corrected chi connectivity index (χ3v) is 6.56. The lowest BCUT2D eigenvalue weighted by Gasteiger charge is -2.29. The standard InChI is InChI=1S/C24H30Cl2N2O2S/c1-4-5-13-27-24(30)18(3)28(16-19-8-9-20(25)15-22(19)26)23(29)12-14-31-21-10-6-17(2)7-11-21/h6-11,15,18H,4-5,12-14,16H2,1-3H3,(H,27,30). The molecule has 0 aromatic heterocycles. The number of carbonyl (C=O) groups is 2. The monoisotopic (exact) mass is 480 g/mol. The lowest BCUT2D eigenvalue weighted by Crippen LogP contribution is -2.47. The molecule has 2 rings (SSSR count). The Balaban J connectivity index is 2.08. The molecule has 0 fully saturated rings. The number of halogens is 2. The highest BCUT2D eigenvalue weighted by Gasteiger charge is 2.26. The fourth-order valence-corrected chi connectivity index (χ4v) is 4.30. The highest BCUT2D eigenvalue weighted by Crippen LogP contribution is 2.24. The largest absolute Gasteiger partial charge is 0.354 e. The highest BCUT2D eigenvalue weighted by molar-refractivity contribution is 7.99. The Morgan fingerprint density at radius 3 is 2.48 bits per heavy atom. The number of carbonyl (C=O) groups excluding carboxylic acids is 2. The molecule has 4 nitrogen and oxygen atoms in total. The van der Waals surface area contributed by atoms with Gasteiger partial charge in [-0.3, -0.25) is 9.59 Å². The third kappa shape index (κ3) is 8.40. The predicted octanol–water partition coefficient (Wildman–Crippen LogP) is 6.12. The molecule has 0 radical (unpaired) electrons. The number of hydrogen-bond acceptors (Lipinski definition) is 3. The van der Waals surface area contributed by atoms with Crippen LogP contribution in [0.3, 0.4) is 0 Å². The molecule has 0 aliphatic heterocycles. The van der Waals surface area contributed by atoms with E-state index in [0.29, 0.717) is 28.8 Å². The summed E-state index contributed by atoms with van der Waals surface area (Å²) in [6.45, 7) is 6.74. The summed E-state index contributed by atoms with van der Waals surface area (Å²) in [6.07, 6.45) is 2.23. The summed E-state index contributed by atoms with van der Waals surface area (Å²) in [4.78, 5) is 28.5. The quantitative estimate of drug-likeness (QED) is 0.311. The molecule has 7 heteroatoms. The number of rotatable bonds is 11. The van der Waals surface area contributed by atoms with Crippen LogP contribution >= 0.6 is 35.0 Å². The smallest absolute Gasteiger partial charge is 0.242 e. The SMILES string of the molecule is CCCCNC(=O)C(C)N(Cc1ccc(Cl)cc1Cl)C(=O)CCSc1ccc(C)cc1. The third-order valence-electron chi connectivity index (χ3n) is 4.96. The van der Waals surface area contributed by atoms with Crippen LogP contribution in [-0.4, -0.2) is 35.1 Å². The zero-order valence-corrected chi connectivity index (χ0v) is 20.6. The van der Waals surface area contributed by atoms with Gasteiger partial charge in [0.1, 0.15) is 6.04 Å². The van der Waals surface area contributed by atoms with Crippen LogP contribution in [0.1, 0.15) is 44.2 Å². The molecule has 1 atom stereocenters. The second-order valence-corrected chi connectivity index (χ2v) is 9.50. The van der Waals surface area contributed by atoms with Crippen LogP contribution in [0.25, 0.3) is 0 Å². The lowest BCUT2D eigenvalue weighted by molar-refractivity contribution is -0.140. The normalized spacial score (nSPS) is 11.8. The Labute approximate surface area is 199 Å². The molecule has 0 spiro atoms. The Morgan fingerprint density at radius 1 is 1.13 bits per heavy atom. The van der Waals surface area contributed by atoms with E-state index in [1.54, 1.807) is 41.8 Å². The summed E-state index contributed by atoms with van der Waals surface area (Å²) < 4.78 is 0. The molecule has 0 aliphatic carbocycles. The van der Waals surface area contributed by atoms with Gasteiger partial charge >= 0.3 is 0 Å². The van der Waals surface area contributed by atoms with Gasteiger partial charge in [0.05, 0.1) is 0 Å². The van der Waals surface area contributed by atoms with Gasteiger partial charge in [0.25, 0.3) is 0 Å². The van der Waals surface area contributed by atoms with E-state index in [-0.39, 0.29) is 18.4 Å². The number of unbranched alkanes of at least 4 members (excludes halogenated alkanes) is 1. The summed E-state index contributed by atoms with van der Waals surface area (Å²) in [6, 6.07) is 12.8. The molecule has 31 heavy (non-hydrogen) atoms. The van der Waals surface area contributed by atoms with E-state index >= 15 is 0 Å². The van der Waals surface area contributed by atoms with Crippen molar-refractivity contribution in [2.75, 3.05) is 12.3 Å². The van der Waals surface area contributed by atoms with Gasteiger partial charge in [0.2, 0.25) is 11.8 Å². The van der Waals surface area contributed by atoms with Gasteiger partial charge in [-0.2, -0.15) is 0 Å². The average molecular weight is 481 g/mol. The molecule has 2 amide bonds. The summed E-state index contributed by atoms with van der Waals surface area (Å²) in [5, 5.41) is 3.94. The Morgan fingerprint density at radius 2 is 1.84 bits per heavy atom. The summed E-state index contributed by atoms with van der Waals surface area (Å²) >= 11 is 14.0. The minimum atomic E-state index is -0.597. The number of thioether (sulfide) groups is 1. The number of benzene rings is 2. The number of nitrogens with zero attached hydrogens (tertiary/aromatic N) is 1. The van der Waals surface area contributed by atoms with Gasteiger partial charge in [0.15, 0.2) is 0 Å². The van der Waals surface area contributed by atoms with Crippen LogP contribution in [0.4, 0.5) is 0 Å². The van der Waals surface area contributed by atoms with E-state index in [2.05, 4.69) is 36.5 Å². The van der Waals surface area contributed by atoms with Crippen molar-refractivity contribution in [2.24, 2.45) is 0 Å². The van der Waals surface area contributed by atoms with Crippen LogP contribution in [0, 0.1) is 6.92 Å². The Hall–Kier alpha value is -1.69. The van der Waals surface area contributed by atoms with Crippen molar-refractivity contribution in [1.82, 2.24) is 10.2 Å². The first-order valence-electron chi connectivity index (χ1n) is 10.5. The zero-order chi connectivity index (χ0) is 22.8. The van der Waals surface area contributed by atoms with Gasteiger partial charge in [-0.05, 0) is 50.1 Å². The van der Waals surface area contributed by atoms with Crippen molar-refractivity contribution >= 4 is 46.8 Å². The predicted molar refractivity (Wildman–Crippen MR) is 131 cm³/mol. The molecule has 2 aromatic rings. The first-order chi connectivity index (χ1) is 14.8. The van der Waals surface area contributed by atoms with E-state index in [1.165, 1.54) is 5.56 Å². The molecule has 0 saturated carbocycles. The van der Waals surface area contributed by atoms with Gasteiger partial charge in [-0.15, -0.1) is 11.8 Å². The second-order valence-electron chi connectivity index (χ2n) is 7.49. The number of amides is 2. The van der Waals surface area contributed by atoms with Crippen molar-refractivity contribution in [1.29, 1.82) is 0 Å². The van der Waals surface area contributed by atoms with Crippen molar-refractivity contribution in [2.45, 2.75) is 57.5 Å². The maximum absolute atomic E-state index is 13.1. The Bertz CT molecular complexity index is 874. The van der Waals surface area contributed by atoms with Crippen molar-refractivity contribution in [3.63, 3.8) is 0 Å². The first kappa shape index (κ1) is 25.6. The molecular weight excluding hydrogens is 451 g/mol. The molecule has 1 N–H and O–H groups in total. The van der Waals surface area contributed by atoms with E-state index in [1.807, 2.05) is 6.92 Å². The number of nitrogens with one attached hydrogen (secondary N) is 1. The number of aryl methyl sites for hydroxylation is 1. The average Bonchev–Trinajstić information content (AvgIpc) is 2.74. The second kappa shape index (κ2) is 13.0. The minimum absolute atomic E-state index is 0.0798. The van der Waals surface area contributed by atoms with Crippen LogP contribution in [0.15, 0.2) is 47.4 Å². The topological polar surface area (TPSA) is 49.4 Å². The van der Waals surface area contributed by atoms with Crippen LogP contribution in [0.2, 0.25) is 10.0 Å². The lowest BCUT2D eigenvalue weighted by atomic mass is 10.1. The molecular formula is C24H30Cl2N2O2S. The summed E-state index contributed by atoms with van der Waals surface area (Å²) in [7, 11) is 0. The van der Waals surface area contributed by atoms with E-state index in [9.17, 15) is 9.59 Å². The molecule has 2 aromatic carbocycles. The maximum Gasteiger partial charge on any atom is 0.242 e. The molecule has 0 aliphatic rings. The van der Waals surface area contributed by atoms with Crippen molar-refractivity contribution < 1.29 is 9.59 Å². The first-order valence-corrected chi connectivity index (χ1v) is 12.3. The summed E-state index contributed by atoms with van der Waals surface area (Å²) in [5.74, 6) is 0.401. The summed E-state index contributed by atoms with van der Waals surface area (Å²) in [5.41, 5.74) is 1.97. The molecule has 0 bridgehead atoms. The minimum Gasteiger partial charge on any atom is -0.354 e. The molecule has 0 heterocycles. The van der Waals surface area contributed by atoms with E-state index in [0.717, 1.165) is 23.3 Å². The van der Waals surface area contributed by atoms with Crippen molar-refractivity contribution in [3.05, 3.63) is 63.6 Å². The van der Waals surface area contributed by atoms with Gasteiger partial charge < -0.3 is 10.2 Å². The van der Waals surface area contributed by atoms with Crippen molar-refractivity contribution in [3.8, 4) is 0 Å². The zero-order valence-electron chi connectivity index (χ0n) is 18.3. The molecule has 168 valence electrons. The van der Waals surface area contributed by atoms with Gasteiger partial charge in [0, 0.05) is 40.2 Å². The molecule has 0 saturated heterocycles.